The van der Waals surface area contributed by atoms with Gasteiger partial charge in [-0.3, -0.25) is 4.79 Å². The summed E-state index contributed by atoms with van der Waals surface area (Å²) in [5.74, 6) is -0.931. The quantitative estimate of drug-likeness (QED) is 0.183. The summed E-state index contributed by atoms with van der Waals surface area (Å²) >= 11 is 27.2. The summed E-state index contributed by atoms with van der Waals surface area (Å²) in [7, 11) is 0. The van der Waals surface area contributed by atoms with Crippen molar-refractivity contribution in [3.05, 3.63) is 101 Å². The van der Waals surface area contributed by atoms with Crippen molar-refractivity contribution in [2.75, 3.05) is 5.32 Å². The predicted octanol–water partition coefficient (Wildman–Crippen LogP) is 6.38. The van der Waals surface area contributed by atoms with Crippen LogP contribution in [-0.2, 0) is 4.79 Å². The molecule has 4 nitrogen and oxygen atoms in total. The molecule has 0 saturated carbocycles. The normalized spacial score (nSPS) is 12.2. The van der Waals surface area contributed by atoms with Gasteiger partial charge in [0.05, 0.1) is 5.92 Å². The summed E-state index contributed by atoms with van der Waals surface area (Å²) in [6.45, 7) is 0. The fraction of sp³-hybridized carbons (Fsp3) is 0.130. The van der Waals surface area contributed by atoms with Gasteiger partial charge in [0.15, 0.2) is 5.11 Å². The molecule has 3 N–H and O–H groups in total. The van der Waals surface area contributed by atoms with Crippen LogP contribution in [0.5, 0.6) is 0 Å². The van der Waals surface area contributed by atoms with E-state index in [0.29, 0.717) is 0 Å². The SMILES string of the molecule is O=C(N[C@@H](NC(=S)Nc1ccc(Br)cc1)C(Cl)(Cl)Cl)C(c1ccccc1)c1ccccc1. The molecule has 3 aromatic carbocycles. The molecule has 0 aliphatic carbocycles. The average Bonchev–Trinajstić information content (AvgIpc) is 2.76. The zero-order valence-corrected chi connectivity index (χ0v) is 21.2. The van der Waals surface area contributed by atoms with E-state index >= 15 is 0 Å². The van der Waals surface area contributed by atoms with Crippen molar-refractivity contribution >= 4 is 79.7 Å². The molecule has 3 rings (SSSR count). The standard InChI is InChI=1S/C23H19BrCl3N3OS/c24-17-11-13-18(14-12-17)28-22(32)30-21(23(25,26)27)29-20(31)19(15-7-3-1-4-8-15)16-9-5-2-6-10-16/h1-14,19,21H,(H,29,31)(H2,28,30,32)/t21-/m0/s1. The number of thiocarbonyl (C=S) groups is 1. The van der Waals surface area contributed by atoms with Crippen molar-refractivity contribution in [3.8, 4) is 0 Å². The van der Waals surface area contributed by atoms with Gasteiger partial charge in [0.25, 0.3) is 0 Å². The highest BCUT2D eigenvalue weighted by molar-refractivity contribution is 9.10. The summed E-state index contributed by atoms with van der Waals surface area (Å²) in [4.78, 5) is 13.4. The predicted molar refractivity (Wildman–Crippen MR) is 140 cm³/mol. The molecule has 0 fully saturated rings. The Morgan fingerprint density at radius 2 is 1.31 bits per heavy atom. The van der Waals surface area contributed by atoms with E-state index in [1.54, 1.807) is 0 Å². The molecule has 0 bridgehead atoms. The van der Waals surface area contributed by atoms with E-state index in [1.165, 1.54) is 0 Å². The molecule has 166 valence electrons. The van der Waals surface area contributed by atoms with Gasteiger partial charge in [0.2, 0.25) is 9.70 Å². The fourth-order valence-corrected chi connectivity index (χ4v) is 3.87. The van der Waals surface area contributed by atoms with Crippen molar-refractivity contribution in [2.24, 2.45) is 0 Å². The van der Waals surface area contributed by atoms with Crippen LogP contribution in [0, 0.1) is 0 Å². The number of hydrogen-bond acceptors (Lipinski definition) is 2. The lowest BCUT2D eigenvalue weighted by atomic mass is 9.90. The van der Waals surface area contributed by atoms with Gasteiger partial charge in [-0.05, 0) is 47.6 Å². The highest BCUT2D eigenvalue weighted by atomic mass is 79.9. The van der Waals surface area contributed by atoms with Gasteiger partial charge in [-0.25, -0.2) is 0 Å². The summed E-state index contributed by atoms with van der Waals surface area (Å²) in [6, 6.07) is 26.2. The Bertz CT molecular complexity index is 1010. The maximum absolute atomic E-state index is 13.4. The van der Waals surface area contributed by atoms with Crippen LogP contribution in [-0.4, -0.2) is 21.0 Å². The second-order valence-electron chi connectivity index (χ2n) is 6.84. The van der Waals surface area contributed by atoms with Crippen LogP contribution in [0.2, 0.25) is 0 Å². The number of hydrogen-bond donors (Lipinski definition) is 3. The second-order valence-corrected chi connectivity index (χ2v) is 10.5. The molecule has 0 unspecified atom stereocenters. The Balaban J connectivity index is 1.79. The van der Waals surface area contributed by atoms with Crippen LogP contribution < -0.4 is 16.0 Å². The Morgan fingerprint density at radius 1 is 0.812 bits per heavy atom. The molecule has 32 heavy (non-hydrogen) atoms. The van der Waals surface area contributed by atoms with Gasteiger partial charge in [0.1, 0.15) is 6.17 Å². The molecule has 1 amide bonds. The molecule has 3 aromatic rings. The van der Waals surface area contributed by atoms with Crippen molar-refractivity contribution in [1.29, 1.82) is 0 Å². The largest absolute Gasteiger partial charge is 0.339 e. The van der Waals surface area contributed by atoms with Crippen molar-refractivity contribution in [2.45, 2.75) is 15.9 Å². The molecular weight excluding hydrogens is 553 g/mol. The van der Waals surface area contributed by atoms with Gasteiger partial charge in [-0.2, -0.15) is 0 Å². The number of carbonyl (C=O) groups excluding carboxylic acids is 1. The Hall–Kier alpha value is -1.83. The monoisotopic (exact) mass is 569 g/mol. The van der Waals surface area contributed by atoms with Crippen LogP contribution in [0.1, 0.15) is 17.0 Å². The number of rotatable bonds is 6. The smallest absolute Gasteiger partial charge is 0.233 e. The third-order valence-electron chi connectivity index (χ3n) is 4.52. The lowest BCUT2D eigenvalue weighted by molar-refractivity contribution is -0.122. The first-order valence-corrected chi connectivity index (χ1v) is 11.9. The van der Waals surface area contributed by atoms with Gasteiger partial charge in [0, 0.05) is 10.2 Å². The Morgan fingerprint density at radius 3 is 1.78 bits per heavy atom. The van der Waals surface area contributed by atoms with Crippen molar-refractivity contribution in [3.63, 3.8) is 0 Å². The molecule has 0 radical (unpaired) electrons. The highest BCUT2D eigenvalue weighted by Gasteiger charge is 2.36. The number of nitrogens with one attached hydrogen (secondary N) is 3. The van der Waals surface area contributed by atoms with Crippen LogP contribution in [0.3, 0.4) is 0 Å². The first-order valence-electron chi connectivity index (χ1n) is 9.54. The molecule has 0 aliphatic heterocycles. The van der Waals surface area contributed by atoms with Gasteiger partial charge in [-0.15, -0.1) is 0 Å². The number of benzene rings is 3. The fourth-order valence-electron chi connectivity index (χ4n) is 3.04. The minimum absolute atomic E-state index is 0.194. The lowest BCUT2D eigenvalue weighted by Gasteiger charge is -2.29. The number of alkyl halides is 3. The molecule has 1 atom stereocenters. The molecule has 0 saturated heterocycles. The minimum Gasteiger partial charge on any atom is -0.339 e. The number of carbonyl (C=O) groups is 1. The average molecular weight is 572 g/mol. The molecule has 0 aromatic heterocycles. The summed E-state index contributed by atoms with van der Waals surface area (Å²) in [6.07, 6.45) is -1.08. The molecule has 0 heterocycles. The van der Waals surface area contributed by atoms with Crippen LogP contribution in [0.25, 0.3) is 0 Å². The third kappa shape index (κ3) is 7.09. The van der Waals surface area contributed by atoms with E-state index in [0.717, 1.165) is 21.3 Å². The first kappa shape index (κ1) is 24.8. The van der Waals surface area contributed by atoms with E-state index < -0.39 is 15.9 Å². The molecule has 0 spiro atoms. The van der Waals surface area contributed by atoms with Crippen LogP contribution >= 0.6 is 63.0 Å². The summed E-state index contributed by atoms with van der Waals surface area (Å²) < 4.78 is -0.930. The van der Waals surface area contributed by atoms with Gasteiger partial charge in [-0.1, -0.05) is 111 Å². The highest BCUT2D eigenvalue weighted by Crippen LogP contribution is 2.31. The lowest BCUT2D eigenvalue weighted by Crippen LogP contribution is -2.57. The van der Waals surface area contributed by atoms with Crippen LogP contribution in [0.15, 0.2) is 89.4 Å². The Labute approximate surface area is 215 Å². The van der Waals surface area contributed by atoms with Gasteiger partial charge < -0.3 is 16.0 Å². The second kappa shape index (κ2) is 11.3. The zero-order chi connectivity index (χ0) is 23.1. The summed E-state index contributed by atoms with van der Waals surface area (Å²) in [5, 5.41) is 8.89. The number of anilines is 1. The topological polar surface area (TPSA) is 53.2 Å². The maximum atomic E-state index is 13.4. The third-order valence-corrected chi connectivity index (χ3v) is 5.92. The van der Waals surface area contributed by atoms with E-state index in [1.807, 2.05) is 84.9 Å². The first-order chi connectivity index (χ1) is 15.2. The zero-order valence-electron chi connectivity index (χ0n) is 16.6. The van der Waals surface area contributed by atoms with Crippen molar-refractivity contribution < 1.29 is 4.79 Å². The summed E-state index contributed by atoms with van der Waals surface area (Å²) in [5.41, 5.74) is 2.37. The van der Waals surface area contributed by atoms with E-state index in [9.17, 15) is 4.79 Å². The van der Waals surface area contributed by atoms with E-state index in [-0.39, 0.29) is 11.0 Å². The Kier molecular flexibility index (Phi) is 8.79. The maximum Gasteiger partial charge on any atom is 0.233 e. The molecule has 9 heteroatoms. The van der Waals surface area contributed by atoms with Gasteiger partial charge >= 0.3 is 0 Å². The van der Waals surface area contributed by atoms with Crippen molar-refractivity contribution in [1.82, 2.24) is 10.6 Å². The number of amides is 1. The van der Waals surface area contributed by atoms with Crippen LogP contribution in [0.4, 0.5) is 5.69 Å². The van der Waals surface area contributed by atoms with E-state index in [2.05, 4.69) is 31.9 Å². The molecule has 0 aliphatic rings. The molecular formula is C23H19BrCl3N3OS. The minimum atomic E-state index is -1.86. The van der Waals surface area contributed by atoms with E-state index in [4.69, 9.17) is 47.0 Å². The number of halogens is 4.